The lowest BCUT2D eigenvalue weighted by atomic mass is 9.87. The number of carbonyl (C=O) groups excluding carboxylic acids is 1. The van der Waals surface area contributed by atoms with Crippen molar-refractivity contribution in [2.45, 2.75) is 51.9 Å². The fourth-order valence-corrected chi connectivity index (χ4v) is 2.50. The Morgan fingerprint density at radius 2 is 1.79 bits per heavy atom. The van der Waals surface area contributed by atoms with E-state index < -0.39 is 29.8 Å². The fraction of sp³-hybridized carbons (Fsp3) is 0.588. The first-order chi connectivity index (χ1) is 11.0. The molecule has 4 nitrogen and oxygen atoms in total. The summed E-state index contributed by atoms with van der Waals surface area (Å²) in [6.45, 7) is 5.44. The van der Waals surface area contributed by atoms with Gasteiger partial charge in [-0.3, -0.25) is 0 Å². The number of aliphatic hydroxyl groups excluding tert-OH is 1. The van der Waals surface area contributed by atoms with E-state index in [1.807, 2.05) is 19.2 Å². The molecule has 0 bridgehead atoms. The van der Waals surface area contributed by atoms with Crippen LogP contribution in [0.3, 0.4) is 0 Å². The lowest BCUT2D eigenvalue weighted by Crippen LogP contribution is -2.51. The van der Waals surface area contributed by atoms with Crippen LogP contribution in [0.2, 0.25) is 0 Å². The number of urea groups is 1. The van der Waals surface area contributed by atoms with Crippen molar-refractivity contribution in [1.82, 2.24) is 10.6 Å². The van der Waals surface area contributed by atoms with E-state index in [0.29, 0.717) is 12.0 Å². The van der Waals surface area contributed by atoms with Crippen molar-refractivity contribution in [3.8, 4) is 0 Å². The smallest absolute Gasteiger partial charge is 0.393 e. The van der Waals surface area contributed by atoms with Gasteiger partial charge in [-0.25, -0.2) is 4.79 Å². The molecule has 1 rings (SSSR count). The molecule has 24 heavy (non-hydrogen) atoms. The number of rotatable bonds is 7. The van der Waals surface area contributed by atoms with Crippen LogP contribution in [-0.4, -0.2) is 36.0 Å². The normalized spacial score (nSPS) is 14.8. The molecule has 0 aromatic heterocycles. The molecular formula is C17H25F3N2O2. The zero-order chi connectivity index (χ0) is 18.4. The van der Waals surface area contributed by atoms with Crippen LogP contribution in [-0.2, 0) is 6.42 Å². The van der Waals surface area contributed by atoms with Gasteiger partial charge in [0.2, 0.25) is 0 Å². The SMILES string of the molecule is CC(O)CC(C)(C)CNC(=O)NC(Cc1ccccc1)C(F)(F)F. The Labute approximate surface area is 140 Å². The summed E-state index contributed by atoms with van der Waals surface area (Å²) in [7, 11) is 0. The average Bonchev–Trinajstić information content (AvgIpc) is 2.43. The minimum atomic E-state index is -4.54. The van der Waals surface area contributed by atoms with Crippen LogP contribution >= 0.6 is 0 Å². The van der Waals surface area contributed by atoms with E-state index >= 15 is 0 Å². The third-order valence-electron chi connectivity index (χ3n) is 3.56. The second-order valence-corrected chi connectivity index (χ2v) is 6.83. The number of carbonyl (C=O) groups is 1. The molecule has 2 atom stereocenters. The van der Waals surface area contributed by atoms with Crippen molar-refractivity contribution in [3.05, 3.63) is 35.9 Å². The first kappa shape index (κ1) is 20.3. The maximum atomic E-state index is 13.1. The summed E-state index contributed by atoms with van der Waals surface area (Å²) in [5.74, 6) is 0. The Balaban J connectivity index is 2.62. The van der Waals surface area contributed by atoms with Gasteiger partial charge in [-0.2, -0.15) is 13.2 Å². The molecule has 0 aliphatic rings. The minimum Gasteiger partial charge on any atom is -0.393 e. The molecule has 2 unspecified atom stereocenters. The molecule has 0 saturated heterocycles. The highest BCUT2D eigenvalue weighted by Crippen LogP contribution is 2.24. The van der Waals surface area contributed by atoms with Gasteiger partial charge in [0.15, 0.2) is 0 Å². The van der Waals surface area contributed by atoms with Gasteiger partial charge in [-0.05, 0) is 24.3 Å². The molecule has 0 heterocycles. The molecule has 2 amide bonds. The summed E-state index contributed by atoms with van der Waals surface area (Å²) in [4.78, 5) is 11.8. The molecule has 0 aliphatic carbocycles. The highest BCUT2D eigenvalue weighted by atomic mass is 19.4. The fourth-order valence-electron chi connectivity index (χ4n) is 2.50. The van der Waals surface area contributed by atoms with Crippen LogP contribution in [0.15, 0.2) is 30.3 Å². The van der Waals surface area contributed by atoms with Crippen molar-refractivity contribution in [1.29, 1.82) is 0 Å². The summed E-state index contributed by atoms with van der Waals surface area (Å²) in [5.41, 5.74) is 0.0770. The molecule has 1 aromatic carbocycles. The Morgan fingerprint density at radius 3 is 2.29 bits per heavy atom. The second-order valence-electron chi connectivity index (χ2n) is 6.83. The van der Waals surface area contributed by atoms with Gasteiger partial charge < -0.3 is 15.7 Å². The monoisotopic (exact) mass is 346 g/mol. The van der Waals surface area contributed by atoms with Gasteiger partial charge in [0.1, 0.15) is 6.04 Å². The molecular weight excluding hydrogens is 321 g/mol. The summed E-state index contributed by atoms with van der Waals surface area (Å²) in [6, 6.07) is 5.37. The standard InChI is InChI=1S/C17H25F3N2O2/c1-12(23)10-16(2,3)11-21-15(24)22-14(17(18,19)20)9-13-7-5-4-6-8-13/h4-8,12,14,23H,9-11H2,1-3H3,(H2,21,22,24). The summed E-state index contributed by atoms with van der Waals surface area (Å²) in [6.07, 6.45) is -4.98. The number of amides is 2. The van der Waals surface area contributed by atoms with Gasteiger partial charge >= 0.3 is 12.2 Å². The van der Waals surface area contributed by atoms with E-state index in [0.717, 1.165) is 0 Å². The lowest BCUT2D eigenvalue weighted by molar-refractivity contribution is -0.152. The van der Waals surface area contributed by atoms with Crippen LogP contribution in [0.4, 0.5) is 18.0 Å². The molecule has 1 aromatic rings. The second kappa shape index (κ2) is 8.37. The van der Waals surface area contributed by atoms with Crippen LogP contribution in [0.25, 0.3) is 0 Å². The first-order valence-corrected chi connectivity index (χ1v) is 7.83. The zero-order valence-corrected chi connectivity index (χ0v) is 14.2. The van der Waals surface area contributed by atoms with Crippen LogP contribution < -0.4 is 10.6 Å². The molecule has 0 saturated carbocycles. The summed E-state index contributed by atoms with van der Waals surface area (Å²) in [5, 5.41) is 13.8. The highest BCUT2D eigenvalue weighted by molar-refractivity contribution is 5.74. The molecule has 3 N–H and O–H groups in total. The molecule has 0 aliphatic heterocycles. The van der Waals surface area contributed by atoms with Crippen molar-refractivity contribution in [3.63, 3.8) is 0 Å². The third kappa shape index (κ3) is 7.68. The number of aliphatic hydroxyl groups is 1. The molecule has 7 heteroatoms. The predicted molar refractivity (Wildman–Crippen MR) is 86.6 cm³/mol. The Hall–Kier alpha value is -1.76. The predicted octanol–water partition coefficient (Wildman–Crippen LogP) is 3.26. The zero-order valence-electron chi connectivity index (χ0n) is 14.2. The molecule has 136 valence electrons. The van der Waals surface area contributed by atoms with Crippen molar-refractivity contribution in [2.75, 3.05) is 6.54 Å². The number of nitrogens with one attached hydrogen (secondary N) is 2. The van der Waals surface area contributed by atoms with E-state index in [2.05, 4.69) is 5.32 Å². The Morgan fingerprint density at radius 1 is 1.21 bits per heavy atom. The molecule has 0 fully saturated rings. The largest absolute Gasteiger partial charge is 0.408 e. The van der Waals surface area contributed by atoms with Gasteiger partial charge in [0.05, 0.1) is 6.10 Å². The van der Waals surface area contributed by atoms with Crippen molar-refractivity contribution >= 4 is 6.03 Å². The summed E-state index contributed by atoms with van der Waals surface area (Å²) < 4.78 is 39.4. The maximum absolute atomic E-state index is 13.1. The Bertz CT molecular complexity index is 516. The number of alkyl halides is 3. The van der Waals surface area contributed by atoms with Crippen molar-refractivity contribution in [2.24, 2.45) is 5.41 Å². The maximum Gasteiger partial charge on any atom is 0.408 e. The van der Waals surface area contributed by atoms with Gasteiger partial charge in [-0.1, -0.05) is 44.2 Å². The number of hydrogen-bond donors (Lipinski definition) is 3. The van der Waals surface area contributed by atoms with E-state index in [4.69, 9.17) is 0 Å². The highest BCUT2D eigenvalue weighted by Gasteiger charge is 2.40. The quantitative estimate of drug-likeness (QED) is 0.710. The van der Waals surface area contributed by atoms with Crippen LogP contribution in [0, 0.1) is 5.41 Å². The molecule has 0 radical (unpaired) electrons. The topological polar surface area (TPSA) is 61.4 Å². The van der Waals surface area contributed by atoms with Crippen LogP contribution in [0.5, 0.6) is 0 Å². The first-order valence-electron chi connectivity index (χ1n) is 7.83. The van der Waals surface area contributed by atoms with E-state index in [9.17, 15) is 23.1 Å². The number of hydrogen-bond acceptors (Lipinski definition) is 2. The van der Waals surface area contributed by atoms with E-state index in [1.54, 1.807) is 37.3 Å². The van der Waals surface area contributed by atoms with Gasteiger partial charge in [0.25, 0.3) is 0 Å². The Kier molecular flexibility index (Phi) is 7.08. The van der Waals surface area contributed by atoms with Gasteiger partial charge in [0, 0.05) is 13.0 Å². The van der Waals surface area contributed by atoms with E-state index in [1.165, 1.54) is 0 Å². The number of halogens is 3. The van der Waals surface area contributed by atoms with Crippen LogP contribution in [0.1, 0.15) is 32.8 Å². The summed E-state index contributed by atoms with van der Waals surface area (Å²) >= 11 is 0. The minimum absolute atomic E-state index is 0.166. The number of benzene rings is 1. The van der Waals surface area contributed by atoms with E-state index in [-0.39, 0.29) is 13.0 Å². The van der Waals surface area contributed by atoms with Crippen molar-refractivity contribution < 1.29 is 23.1 Å². The molecule has 0 spiro atoms. The third-order valence-corrected chi connectivity index (χ3v) is 3.56. The lowest BCUT2D eigenvalue weighted by Gasteiger charge is -2.27. The average molecular weight is 346 g/mol. The van der Waals surface area contributed by atoms with Gasteiger partial charge in [-0.15, -0.1) is 0 Å².